The molecule has 0 saturated carbocycles. The van der Waals surface area contributed by atoms with Gasteiger partial charge in [-0.15, -0.1) is 0 Å². The van der Waals surface area contributed by atoms with Gasteiger partial charge in [-0.1, -0.05) is 54.0 Å². The van der Waals surface area contributed by atoms with Crippen LogP contribution in [0.3, 0.4) is 0 Å². The summed E-state index contributed by atoms with van der Waals surface area (Å²) in [5.41, 5.74) is 5.27. The van der Waals surface area contributed by atoms with Crippen molar-refractivity contribution >= 4 is 27.9 Å². The lowest BCUT2D eigenvalue weighted by molar-refractivity contribution is -0.133. The normalized spacial score (nSPS) is 20.6. The first-order chi connectivity index (χ1) is 14.0. The van der Waals surface area contributed by atoms with Crippen molar-refractivity contribution in [2.45, 2.75) is 45.3 Å². The van der Waals surface area contributed by atoms with Crippen molar-refractivity contribution < 1.29 is 18.7 Å². The molecule has 0 bridgehead atoms. The number of halogens is 2. The standard InChI is InChI=1S/C23H26BrFN2O3/c1-15(16-4-8-18(24)9-5-16)27-13-12-23(30-21(27)29,14-22(2,3)20(26)28)17-6-10-19(25)11-7-17/h4-11,15H,12-14H2,1-3H3,(H2,26,28)/t15-,23-/m0/s1. The Bertz CT molecular complexity index is 930. The Morgan fingerprint density at radius 3 is 2.37 bits per heavy atom. The Morgan fingerprint density at radius 2 is 1.83 bits per heavy atom. The molecule has 1 fully saturated rings. The minimum Gasteiger partial charge on any atom is -0.438 e. The second kappa shape index (κ2) is 8.38. The van der Waals surface area contributed by atoms with E-state index in [1.54, 1.807) is 30.9 Å². The van der Waals surface area contributed by atoms with Gasteiger partial charge in [0.05, 0.1) is 6.04 Å². The summed E-state index contributed by atoms with van der Waals surface area (Å²) < 4.78 is 20.5. The molecule has 1 aliphatic rings. The Morgan fingerprint density at radius 1 is 1.23 bits per heavy atom. The van der Waals surface area contributed by atoms with Gasteiger partial charge in [-0.2, -0.15) is 0 Å². The summed E-state index contributed by atoms with van der Waals surface area (Å²) in [6.07, 6.45) is 0.205. The molecule has 2 atom stereocenters. The van der Waals surface area contributed by atoms with Crippen LogP contribution in [0.15, 0.2) is 53.0 Å². The second-order valence-corrected chi connectivity index (χ2v) is 9.38. The lowest BCUT2D eigenvalue weighted by Crippen LogP contribution is -2.51. The maximum Gasteiger partial charge on any atom is 0.411 e. The van der Waals surface area contributed by atoms with Gasteiger partial charge in [0.15, 0.2) is 0 Å². The number of ether oxygens (including phenoxy) is 1. The number of amides is 2. The van der Waals surface area contributed by atoms with E-state index in [0.29, 0.717) is 18.5 Å². The number of hydrogen-bond donors (Lipinski definition) is 1. The van der Waals surface area contributed by atoms with Crippen molar-refractivity contribution in [1.29, 1.82) is 0 Å². The Labute approximate surface area is 184 Å². The van der Waals surface area contributed by atoms with Crippen LogP contribution in [0.25, 0.3) is 0 Å². The van der Waals surface area contributed by atoms with Crippen LogP contribution in [0, 0.1) is 11.2 Å². The molecule has 2 N–H and O–H groups in total. The molecule has 1 aliphatic heterocycles. The van der Waals surface area contributed by atoms with Crippen molar-refractivity contribution in [3.63, 3.8) is 0 Å². The maximum atomic E-state index is 13.5. The number of carbonyl (C=O) groups is 2. The highest BCUT2D eigenvalue weighted by molar-refractivity contribution is 9.10. The van der Waals surface area contributed by atoms with Crippen molar-refractivity contribution in [2.75, 3.05) is 6.54 Å². The lowest BCUT2D eigenvalue weighted by Gasteiger charge is -2.46. The Balaban J connectivity index is 1.91. The van der Waals surface area contributed by atoms with E-state index in [9.17, 15) is 14.0 Å². The molecule has 2 aromatic rings. The van der Waals surface area contributed by atoms with Crippen LogP contribution in [0.4, 0.5) is 9.18 Å². The van der Waals surface area contributed by atoms with Crippen molar-refractivity contribution in [2.24, 2.45) is 11.1 Å². The molecule has 0 aliphatic carbocycles. The van der Waals surface area contributed by atoms with Crippen LogP contribution >= 0.6 is 15.9 Å². The number of cyclic esters (lactones) is 1. The molecule has 1 heterocycles. The van der Waals surface area contributed by atoms with Crippen LogP contribution in [-0.2, 0) is 15.1 Å². The summed E-state index contributed by atoms with van der Waals surface area (Å²) in [7, 11) is 0. The van der Waals surface area contributed by atoms with E-state index in [2.05, 4.69) is 15.9 Å². The molecular weight excluding hydrogens is 451 g/mol. The molecule has 0 radical (unpaired) electrons. The van der Waals surface area contributed by atoms with E-state index in [4.69, 9.17) is 10.5 Å². The molecule has 5 nitrogen and oxygen atoms in total. The molecular formula is C23H26BrFN2O3. The van der Waals surface area contributed by atoms with Crippen LogP contribution in [0.2, 0.25) is 0 Å². The summed E-state index contributed by atoms with van der Waals surface area (Å²) in [4.78, 5) is 26.8. The van der Waals surface area contributed by atoms with Crippen LogP contribution in [0.5, 0.6) is 0 Å². The van der Waals surface area contributed by atoms with Crippen molar-refractivity contribution in [3.05, 3.63) is 69.9 Å². The number of carbonyl (C=O) groups excluding carboxylic acids is 2. The quantitative estimate of drug-likeness (QED) is 0.615. The summed E-state index contributed by atoms with van der Waals surface area (Å²) >= 11 is 3.42. The fourth-order valence-electron chi connectivity index (χ4n) is 3.93. The fraction of sp³-hybridized carbons (Fsp3) is 0.391. The highest BCUT2D eigenvalue weighted by atomic mass is 79.9. The van der Waals surface area contributed by atoms with Crippen molar-refractivity contribution in [3.8, 4) is 0 Å². The van der Waals surface area contributed by atoms with Crippen LogP contribution < -0.4 is 5.73 Å². The number of benzene rings is 2. The molecule has 30 heavy (non-hydrogen) atoms. The van der Waals surface area contributed by atoms with E-state index in [0.717, 1.165) is 10.0 Å². The first-order valence-corrected chi connectivity index (χ1v) is 10.6. The first-order valence-electron chi connectivity index (χ1n) is 9.85. The van der Waals surface area contributed by atoms with Gasteiger partial charge in [-0.05, 0) is 42.3 Å². The van der Waals surface area contributed by atoms with Gasteiger partial charge in [-0.3, -0.25) is 4.79 Å². The van der Waals surface area contributed by atoms with Gasteiger partial charge in [0.1, 0.15) is 11.4 Å². The fourth-order valence-corrected chi connectivity index (χ4v) is 4.19. The zero-order valence-electron chi connectivity index (χ0n) is 17.3. The summed E-state index contributed by atoms with van der Waals surface area (Å²) in [6.45, 7) is 5.83. The molecule has 160 valence electrons. The molecule has 0 unspecified atom stereocenters. The highest BCUT2D eigenvalue weighted by Gasteiger charge is 2.48. The summed E-state index contributed by atoms with van der Waals surface area (Å²) in [5.74, 6) is -0.860. The van der Waals surface area contributed by atoms with Crippen molar-refractivity contribution in [1.82, 2.24) is 4.90 Å². The highest BCUT2D eigenvalue weighted by Crippen LogP contribution is 2.44. The monoisotopic (exact) mass is 476 g/mol. The van der Waals surface area contributed by atoms with Gasteiger partial charge in [-0.25, -0.2) is 9.18 Å². The zero-order valence-corrected chi connectivity index (χ0v) is 18.9. The molecule has 0 aromatic heterocycles. The first kappa shape index (κ1) is 22.3. The average Bonchev–Trinajstić information content (AvgIpc) is 2.68. The molecule has 1 saturated heterocycles. The van der Waals surface area contributed by atoms with E-state index < -0.39 is 23.0 Å². The van der Waals surface area contributed by atoms with Crippen LogP contribution in [-0.4, -0.2) is 23.4 Å². The molecule has 7 heteroatoms. The number of rotatable bonds is 6. The molecule has 3 rings (SSSR count). The smallest absolute Gasteiger partial charge is 0.411 e. The zero-order chi connectivity index (χ0) is 22.1. The Hall–Kier alpha value is -2.41. The van der Waals surface area contributed by atoms with E-state index in [-0.39, 0.29) is 18.3 Å². The van der Waals surface area contributed by atoms with Crippen LogP contribution in [0.1, 0.15) is 50.8 Å². The second-order valence-electron chi connectivity index (χ2n) is 8.46. The molecule has 2 aromatic carbocycles. The molecule has 2 amide bonds. The largest absolute Gasteiger partial charge is 0.438 e. The maximum absolute atomic E-state index is 13.5. The van der Waals surface area contributed by atoms with E-state index in [1.807, 2.05) is 31.2 Å². The van der Waals surface area contributed by atoms with Gasteiger partial charge in [0.2, 0.25) is 5.91 Å². The third kappa shape index (κ3) is 4.51. The predicted octanol–water partition coefficient (Wildman–Crippen LogP) is 5.29. The van der Waals surface area contributed by atoms with Gasteiger partial charge in [0, 0.05) is 29.3 Å². The minimum absolute atomic E-state index is 0.180. The number of primary amides is 1. The molecule has 0 spiro atoms. The summed E-state index contributed by atoms with van der Waals surface area (Å²) in [5, 5.41) is 0. The number of nitrogens with zero attached hydrogens (tertiary/aromatic N) is 1. The number of nitrogens with two attached hydrogens (primary N) is 1. The van der Waals surface area contributed by atoms with Gasteiger partial charge < -0.3 is 15.4 Å². The third-order valence-electron chi connectivity index (χ3n) is 5.86. The van der Waals surface area contributed by atoms with Gasteiger partial charge in [0.25, 0.3) is 0 Å². The third-order valence-corrected chi connectivity index (χ3v) is 6.39. The minimum atomic E-state index is -1.06. The topological polar surface area (TPSA) is 72.6 Å². The van der Waals surface area contributed by atoms with E-state index >= 15 is 0 Å². The van der Waals surface area contributed by atoms with Gasteiger partial charge >= 0.3 is 6.09 Å². The lowest BCUT2D eigenvalue weighted by atomic mass is 9.74. The SMILES string of the molecule is C[C@@H](c1ccc(Br)cc1)N1CC[C@](CC(C)(C)C(N)=O)(c2ccc(F)cc2)OC1=O. The Kier molecular flexibility index (Phi) is 6.22. The summed E-state index contributed by atoms with van der Waals surface area (Å²) in [6, 6.07) is 13.5. The van der Waals surface area contributed by atoms with E-state index in [1.165, 1.54) is 12.1 Å². The number of hydrogen-bond acceptors (Lipinski definition) is 3. The predicted molar refractivity (Wildman–Crippen MR) is 116 cm³/mol. The average molecular weight is 477 g/mol.